The maximum absolute atomic E-state index is 14.2. The molecular weight excluding hydrogens is 267 g/mol. The molecule has 1 saturated heterocycles. The molecule has 5 unspecified atom stereocenters. The minimum Gasteiger partial charge on any atom is -0.318 e. The molecule has 114 valence electrons. The van der Waals surface area contributed by atoms with Crippen molar-refractivity contribution in [3.8, 4) is 0 Å². The van der Waals surface area contributed by atoms with Crippen molar-refractivity contribution in [3.05, 3.63) is 35.6 Å². The van der Waals surface area contributed by atoms with Gasteiger partial charge in [0.15, 0.2) is 0 Å². The minimum absolute atomic E-state index is 0.0919. The van der Waals surface area contributed by atoms with Crippen molar-refractivity contribution in [3.63, 3.8) is 0 Å². The standard InChI is InChI=1S/C17H23FN2O/c1-10-8-9-15(11(10)2)20-16(19-12(3)17(20)21)13-6-4-5-7-14(13)18/h4-7,10-12,15-16,19H,8-9H2,1-3H3. The molecule has 3 rings (SSSR count). The Morgan fingerprint density at radius 2 is 1.90 bits per heavy atom. The van der Waals surface area contributed by atoms with Gasteiger partial charge in [0.05, 0.1) is 6.04 Å². The molecule has 1 amide bonds. The number of rotatable bonds is 2. The topological polar surface area (TPSA) is 32.3 Å². The molecule has 1 aromatic carbocycles. The third-order valence-corrected chi connectivity index (χ3v) is 5.29. The number of carbonyl (C=O) groups excluding carboxylic acids is 1. The Kier molecular flexibility index (Phi) is 3.74. The molecule has 0 radical (unpaired) electrons. The van der Waals surface area contributed by atoms with Crippen LogP contribution in [0.5, 0.6) is 0 Å². The molecule has 2 fully saturated rings. The van der Waals surface area contributed by atoms with Crippen LogP contribution in [-0.2, 0) is 4.79 Å². The summed E-state index contributed by atoms with van der Waals surface area (Å²) in [4.78, 5) is 14.5. The Morgan fingerprint density at radius 1 is 1.19 bits per heavy atom. The molecule has 1 heterocycles. The van der Waals surface area contributed by atoms with Crippen molar-refractivity contribution in [2.75, 3.05) is 0 Å². The molecule has 4 heteroatoms. The van der Waals surface area contributed by atoms with E-state index in [9.17, 15) is 9.18 Å². The summed E-state index contributed by atoms with van der Waals surface area (Å²) in [6, 6.07) is 6.70. The molecule has 3 nitrogen and oxygen atoms in total. The summed E-state index contributed by atoms with van der Waals surface area (Å²) in [5.41, 5.74) is 0.571. The smallest absolute Gasteiger partial charge is 0.241 e. The average Bonchev–Trinajstić information content (AvgIpc) is 2.93. The van der Waals surface area contributed by atoms with Gasteiger partial charge >= 0.3 is 0 Å². The van der Waals surface area contributed by atoms with Gasteiger partial charge in [-0.1, -0.05) is 32.0 Å². The highest BCUT2D eigenvalue weighted by atomic mass is 19.1. The van der Waals surface area contributed by atoms with Crippen LogP contribution in [0, 0.1) is 17.7 Å². The molecule has 1 aromatic rings. The highest BCUT2D eigenvalue weighted by molar-refractivity contribution is 5.84. The summed E-state index contributed by atoms with van der Waals surface area (Å²) in [5, 5.41) is 3.26. The van der Waals surface area contributed by atoms with E-state index >= 15 is 0 Å². The molecule has 0 aromatic heterocycles. The lowest BCUT2D eigenvalue weighted by molar-refractivity contribution is -0.132. The van der Waals surface area contributed by atoms with Crippen molar-refractivity contribution in [1.82, 2.24) is 10.2 Å². The van der Waals surface area contributed by atoms with Crippen molar-refractivity contribution < 1.29 is 9.18 Å². The molecule has 21 heavy (non-hydrogen) atoms. The first-order chi connectivity index (χ1) is 10.0. The fraction of sp³-hybridized carbons (Fsp3) is 0.588. The summed E-state index contributed by atoms with van der Waals surface area (Å²) < 4.78 is 14.2. The number of halogens is 1. The quantitative estimate of drug-likeness (QED) is 0.908. The van der Waals surface area contributed by atoms with Crippen LogP contribution in [0.15, 0.2) is 24.3 Å². The van der Waals surface area contributed by atoms with Crippen LogP contribution in [-0.4, -0.2) is 22.9 Å². The molecule has 1 aliphatic heterocycles. The summed E-state index contributed by atoms with van der Waals surface area (Å²) in [7, 11) is 0. The fourth-order valence-corrected chi connectivity index (χ4v) is 3.76. The van der Waals surface area contributed by atoms with E-state index < -0.39 is 0 Å². The largest absolute Gasteiger partial charge is 0.318 e. The fourth-order valence-electron chi connectivity index (χ4n) is 3.76. The predicted molar refractivity (Wildman–Crippen MR) is 79.9 cm³/mol. The van der Waals surface area contributed by atoms with Crippen LogP contribution < -0.4 is 5.32 Å². The number of carbonyl (C=O) groups is 1. The Hall–Kier alpha value is -1.42. The monoisotopic (exact) mass is 290 g/mol. The van der Waals surface area contributed by atoms with Gasteiger partial charge in [-0.3, -0.25) is 10.1 Å². The molecular formula is C17H23FN2O. The van der Waals surface area contributed by atoms with Gasteiger partial charge in [-0.05, 0) is 37.7 Å². The van der Waals surface area contributed by atoms with Crippen LogP contribution in [0.2, 0.25) is 0 Å². The molecule has 1 saturated carbocycles. The van der Waals surface area contributed by atoms with E-state index in [1.807, 2.05) is 17.9 Å². The molecule has 0 bridgehead atoms. The lowest BCUT2D eigenvalue weighted by atomic mass is 9.96. The van der Waals surface area contributed by atoms with Crippen LogP contribution in [0.1, 0.15) is 45.3 Å². The second-order valence-electron chi connectivity index (χ2n) is 6.54. The highest BCUT2D eigenvalue weighted by Gasteiger charge is 2.46. The van der Waals surface area contributed by atoms with Crippen LogP contribution in [0.25, 0.3) is 0 Å². The lowest BCUT2D eigenvalue weighted by Gasteiger charge is -2.34. The van der Waals surface area contributed by atoms with Gasteiger partial charge < -0.3 is 4.90 Å². The van der Waals surface area contributed by atoms with Crippen molar-refractivity contribution in [2.24, 2.45) is 11.8 Å². The number of nitrogens with one attached hydrogen (secondary N) is 1. The maximum Gasteiger partial charge on any atom is 0.241 e. The number of hydrogen-bond acceptors (Lipinski definition) is 2. The van der Waals surface area contributed by atoms with Gasteiger partial charge in [0.25, 0.3) is 0 Å². The van der Waals surface area contributed by atoms with E-state index in [1.165, 1.54) is 6.07 Å². The second-order valence-corrected chi connectivity index (χ2v) is 6.54. The van der Waals surface area contributed by atoms with Crippen LogP contribution in [0.4, 0.5) is 4.39 Å². The normalized spacial score (nSPS) is 36.5. The van der Waals surface area contributed by atoms with Gasteiger partial charge in [-0.25, -0.2) is 4.39 Å². The van der Waals surface area contributed by atoms with E-state index in [-0.39, 0.29) is 30.0 Å². The zero-order valence-electron chi connectivity index (χ0n) is 12.8. The number of amides is 1. The van der Waals surface area contributed by atoms with E-state index in [0.717, 1.165) is 12.8 Å². The Morgan fingerprint density at radius 3 is 2.52 bits per heavy atom. The van der Waals surface area contributed by atoms with Gasteiger partial charge in [0, 0.05) is 11.6 Å². The Bertz CT molecular complexity index is 547. The molecule has 5 atom stereocenters. The van der Waals surface area contributed by atoms with Crippen LogP contribution >= 0.6 is 0 Å². The van der Waals surface area contributed by atoms with Crippen molar-refractivity contribution in [2.45, 2.75) is 51.9 Å². The van der Waals surface area contributed by atoms with Gasteiger partial charge in [0.2, 0.25) is 5.91 Å². The number of nitrogens with zero attached hydrogens (tertiary/aromatic N) is 1. The second kappa shape index (κ2) is 5.41. The summed E-state index contributed by atoms with van der Waals surface area (Å²) in [5.74, 6) is 0.908. The van der Waals surface area contributed by atoms with Gasteiger partial charge in [-0.2, -0.15) is 0 Å². The first-order valence-corrected chi connectivity index (χ1v) is 7.83. The molecule has 1 N–H and O–H groups in total. The van der Waals surface area contributed by atoms with E-state index in [0.29, 0.717) is 17.4 Å². The lowest BCUT2D eigenvalue weighted by Crippen LogP contribution is -2.42. The van der Waals surface area contributed by atoms with E-state index in [2.05, 4.69) is 19.2 Å². The number of benzene rings is 1. The minimum atomic E-state index is -0.341. The Labute approximate surface area is 125 Å². The Balaban J connectivity index is 1.96. The first-order valence-electron chi connectivity index (χ1n) is 7.83. The molecule has 1 aliphatic carbocycles. The van der Waals surface area contributed by atoms with E-state index in [1.54, 1.807) is 12.1 Å². The third-order valence-electron chi connectivity index (χ3n) is 5.29. The average molecular weight is 290 g/mol. The van der Waals surface area contributed by atoms with Crippen molar-refractivity contribution in [1.29, 1.82) is 0 Å². The van der Waals surface area contributed by atoms with Gasteiger partial charge in [0.1, 0.15) is 12.0 Å². The summed E-state index contributed by atoms with van der Waals surface area (Å²) in [6.07, 6.45) is 1.80. The molecule has 2 aliphatic rings. The first kappa shape index (κ1) is 14.5. The predicted octanol–water partition coefficient (Wildman–Crippen LogP) is 3.08. The highest BCUT2D eigenvalue weighted by Crippen LogP contribution is 2.40. The zero-order valence-corrected chi connectivity index (χ0v) is 12.8. The summed E-state index contributed by atoms with van der Waals surface area (Å²) in [6.45, 7) is 6.30. The third kappa shape index (κ3) is 2.35. The summed E-state index contributed by atoms with van der Waals surface area (Å²) >= 11 is 0. The van der Waals surface area contributed by atoms with E-state index in [4.69, 9.17) is 0 Å². The maximum atomic E-state index is 14.2. The molecule has 0 spiro atoms. The zero-order chi connectivity index (χ0) is 15.1. The van der Waals surface area contributed by atoms with Crippen LogP contribution in [0.3, 0.4) is 0 Å². The number of hydrogen-bond donors (Lipinski definition) is 1. The van der Waals surface area contributed by atoms with Crippen molar-refractivity contribution >= 4 is 5.91 Å². The SMILES string of the molecule is CC1NC(c2ccccc2F)N(C2CCC(C)C2C)C1=O. The van der Waals surface area contributed by atoms with Gasteiger partial charge in [-0.15, -0.1) is 0 Å².